The fraction of sp³-hybridized carbons (Fsp3) is 0.118. The molecular formula is C17H16BrN3. The molecule has 3 rings (SSSR count). The molecule has 0 radical (unpaired) electrons. The Kier molecular flexibility index (Phi) is 3.55. The number of hydrogen-bond donors (Lipinski definition) is 1. The van der Waals surface area contributed by atoms with Gasteiger partial charge in [-0.3, -0.25) is 4.68 Å². The first-order valence-corrected chi connectivity index (χ1v) is 7.52. The summed E-state index contributed by atoms with van der Waals surface area (Å²) >= 11 is 3.60. The SMILES string of the molecule is Cc1ccccc1-c1c(-c2ccccc2Br)nn(C)c1N. The molecule has 0 amide bonds. The third-order valence-electron chi connectivity index (χ3n) is 3.63. The van der Waals surface area contributed by atoms with E-state index in [4.69, 9.17) is 5.73 Å². The predicted octanol–water partition coefficient (Wildman–Crippen LogP) is 4.41. The van der Waals surface area contributed by atoms with Crippen molar-refractivity contribution in [2.75, 3.05) is 5.73 Å². The van der Waals surface area contributed by atoms with E-state index >= 15 is 0 Å². The topological polar surface area (TPSA) is 43.8 Å². The van der Waals surface area contributed by atoms with Gasteiger partial charge in [-0.2, -0.15) is 5.10 Å². The second kappa shape index (κ2) is 5.37. The van der Waals surface area contributed by atoms with Gasteiger partial charge in [-0.1, -0.05) is 58.4 Å². The molecule has 0 saturated heterocycles. The Hall–Kier alpha value is -2.07. The van der Waals surface area contributed by atoms with Crippen LogP contribution in [0, 0.1) is 6.92 Å². The van der Waals surface area contributed by atoms with Crippen LogP contribution in [0.25, 0.3) is 22.4 Å². The lowest BCUT2D eigenvalue weighted by molar-refractivity contribution is 0.782. The summed E-state index contributed by atoms with van der Waals surface area (Å²) in [5.74, 6) is 0.676. The zero-order valence-electron chi connectivity index (χ0n) is 12.0. The van der Waals surface area contributed by atoms with Crippen LogP contribution in [0.5, 0.6) is 0 Å². The molecule has 0 spiro atoms. The van der Waals surface area contributed by atoms with Crippen LogP contribution in [-0.4, -0.2) is 9.78 Å². The van der Waals surface area contributed by atoms with Crippen LogP contribution in [0.3, 0.4) is 0 Å². The van der Waals surface area contributed by atoms with E-state index in [0.717, 1.165) is 26.9 Å². The summed E-state index contributed by atoms with van der Waals surface area (Å²) in [6.07, 6.45) is 0. The number of rotatable bonds is 2. The molecule has 0 atom stereocenters. The van der Waals surface area contributed by atoms with Crippen LogP contribution in [0.4, 0.5) is 5.82 Å². The first-order valence-electron chi connectivity index (χ1n) is 6.73. The third kappa shape index (κ3) is 2.36. The van der Waals surface area contributed by atoms with Crippen molar-refractivity contribution in [1.82, 2.24) is 9.78 Å². The molecule has 21 heavy (non-hydrogen) atoms. The number of aryl methyl sites for hydroxylation is 2. The van der Waals surface area contributed by atoms with Crippen molar-refractivity contribution in [3.63, 3.8) is 0 Å². The molecule has 0 unspecified atom stereocenters. The third-order valence-corrected chi connectivity index (χ3v) is 4.33. The summed E-state index contributed by atoms with van der Waals surface area (Å²) in [7, 11) is 1.87. The summed E-state index contributed by atoms with van der Waals surface area (Å²) in [6.45, 7) is 2.09. The Morgan fingerprint density at radius 1 is 1.00 bits per heavy atom. The Balaban J connectivity index is 2.32. The van der Waals surface area contributed by atoms with Crippen LogP contribution < -0.4 is 5.73 Å². The highest BCUT2D eigenvalue weighted by Gasteiger charge is 2.19. The van der Waals surface area contributed by atoms with E-state index in [1.807, 2.05) is 43.4 Å². The zero-order chi connectivity index (χ0) is 15.0. The van der Waals surface area contributed by atoms with Gasteiger partial charge in [0.05, 0.1) is 5.56 Å². The molecule has 4 heteroatoms. The van der Waals surface area contributed by atoms with Crippen molar-refractivity contribution >= 4 is 21.7 Å². The van der Waals surface area contributed by atoms with Crippen molar-refractivity contribution in [3.05, 3.63) is 58.6 Å². The van der Waals surface area contributed by atoms with Crippen LogP contribution >= 0.6 is 15.9 Å². The number of anilines is 1. The summed E-state index contributed by atoms with van der Waals surface area (Å²) in [5, 5.41) is 4.62. The maximum absolute atomic E-state index is 6.28. The molecule has 1 aromatic heterocycles. The summed E-state index contributed by atoms with van der Waals surface area (Å²) in [6, 6.07) is 16.3. The molecule has 3 aromatic rings. The summed E-state index contributed by atoms with van der Waals surface area (Å²) < 4.78 is 2.74. The molecule has 0 fully saturated rings. The number of nitrogens with two attached hydrogens (primary N) is 1. The molecule has 0 aliphatic heterocycles. The number of halogens is 1. The molecule has 0 saturated carbocycles. The molecule has 2 N–H and O–H groups in total. The largest absolute Gasteiger partial charge is 0.383 e. The van der Waals surface area contributed by atoms with Gasteiger partial charge in [0.1, 0.15) is 11.5 Å². The fourth-order valence-corrected chi connectivity index (χ4v) is 2.97. The molecule has 3 nitrogen and oxygen atoms in total. The number of aromatic nitrogens is 2. The Bertz CT molecular complexity index is 806. The Morgan fingerprint density at radius 3 is 2.29 bits per heavy atom. The van der Waals surface area contributed by atoms with Gasteiger partial charge in [0.15, 0.2) is 0 Å². The van der Waals surface area contributed by atoms with E-state index in [2.05, 4.69) is 40.1 Å². The van der Waals surface area contributed by atoms with Gasteiger partial charge in [0.25, 0.3) is 0 Å². The Labute approximate surface area is 132 Å². The highest BCUT2D eigenvalue weighted by atomic mass is 79.9. The smallest absolute Gasteiger partial charge is 0.129 e. The summed E-state index contributed by atoms with van der Waals surface area (Å²) in [5.41, 5.74) is 11.5. The lowest BCUT2D eigenvalue weighted by Gasteiger charge is -2.08. The van der Waals surface area contributed by atoms with Crippen LogP contribution in [0.2, 0.25) is 0 Å². The van der Waals surface area contributed by atoms with Crippen molar-refractivity contribution in [2.45, 2.75) is 6.92 Å². The lowest BCUT2D eigenvalue weighted by Crippen LogP contribution is -1.98. The number of benzene rings is 2. The number of nitrogen functional groups attached to an aromatic ring is 1. The molecule has 106 valence electrons. The van der Waals surface area contributed by atoms with E-state index in [0.29, 0.717) is 5.82 Å². The molecule has 0 aliphatic rings. The van der Waals surface area contributed by atoms with Crippen molar-refractivity contribution in [3.8, 4) is 22.4 Å². The lowest BCUT2D eigenvalue weighted by atomic mass is 9.97. The highest BCUT2D eigenvalue weighted by molar-refractivity contribution is 9.10. The molecule has 1 heterocycles. The van der Waals surface area contributed by atoms with Crippen molar-refractivity contribution in [1.29, 1.82) is 0 Å². The van der Waals surface area contributed by atoms with Gasteiger partial charge >= 0.3 is 0 Å². The minimum atomic E-state index is 0.676. The van der Waals surface area contributed by atoms with E-state index < -0.39 is 0 Å². The summed E-state index contributed by atoms with van der Waals surface area (Å²) in [4.78, 5) is 0. The maximum atomic E-state index is 6.28. The van der Waals surface area contributed by atoms with Gasteiger partial charge in [0, 0.05) is 17.1 Å². The van der Waals surface area contributed by atoms with Gasteiger partial charge in [0.2, 0.25) is 0 Å². The van der Waals surface area contributed by atoms with Crippen molar-refractivity contribution < 1.29 is 0 Å². The van der Waals surface area contributed by atoms with E-state index in [-0.39, 0.29) is 0 Å². The number of hydrogen-bond acceptors (Lipinski definition) is 2. The second-order valence-corrected chi connectivity index (χ2v) is 5.88. The molecular weight excluding hydrogens is 326 g/mol. The van der Waals surface area contributed by atoms with Gasteiger partial charge < -0.3 is 5.73 Å². The second-order valence-electron chi connectivity index (χ2n) is 5.03. The van der Waals surface area contributed by atoms with Gasteiger partial charge in [-0.15, -0.1) is 0 Å². The minimum Gasteiger partial charge on any atom is -0.383 e. The quantitative estimate of drug-likeness (QED) is 0.750. The van der Waals surface area contributed by atoms with Gasteiger partial charge in [-0.05, 0) is 24.1 Å². The number of nitrogens with zero attached hydrogens (tertiary/aromatic N) is 2. The zero-order valence-corrected chi connectivity index (χ0v) is 13.6. The first-order chi connectivity index (χ1) is 10.1. The van der Waals surface area contributed by atoms with E-state index in [1.165, 1.54) is 5.56 Å². The van der Waals surface area contributed by atoms with Crippen LogP contribution in [-0.2, 0) is 7.05 Å². The Morgan fingerprint density at radius 2 is 1.62 bits per heavy atom. The normalized spacial score (nSPS) is 10.8. The molecule has 0 aliphatic carbocycles. The fourth-order valence-electron chi connectivity index (χ4n) is 2.50. The monoisotopic (exact) mass is 341 g/mol. The van der Waals surface area contributed by atoms with Gasteiger partial charge in [-0.25, -0.2) is 0 Å². The molecule has 2 aromatic carbocycles. The minimum absolute atomic E-state index is 0.676. The highest BCUT2D eigenvalue weighted by Crippen LogP contribution is 2.39. The van der Waals surface area contributed by atoms with E-state index in [9.17, 15) is 0 Å². The molecule has 0 bridgehead atoms. The standard InChI is InChI=1S/C17H16BrN3/c1-11-7-3-4-8-12(11)15-16(20-21(2)17(15)19)13-9-5-6-10-14(13)18/h3-10H,19H2,1-2H3. The first kappa shape index (κ1) is 13.9. The predicted molar refractivity (Wildman–Crippen MR) is 90.9 cm³/mol. The maximum Gasteiger partial charge on any atom is 0.129 e. The van der Waals surface area contributed by atoms with Crippen molar-refractivity contribution in [2.24, 2.45) is 7.05 Å². The average molecular weight is 342 g/mol. The average Bonchev–Trinajstić information content (AvgIpc) is 2.76. The van der Waals surface area contributed by atoms with Crippen LogP contribution in [0.15, 0.2) is 53.0 Å². The van der Waals surface area contributed by atoms with Crippen LogP contribution in [0.1, 0.15) is 5.56 Å². The van der Waals surface area contributed by atoms with E-state index in [1.54, 1.807) is 4.68 Å².